The van der Waals surface area contributed by atoms with Crippen LogP contribution in [-0.4, -0.2) is 29.8 Å². The van der Waals surface area contributed by atoms with Crippen molar-refractivity contribution < 1.29 is 18.4 Å². The normalized spacial score (nSPS) is 12.2. The summed E-state index contributed by atoms with van der Waals surface area (Å²) >= 11 is 0. The molecule has 6 nitrogen and oxygen atoms in total. The molecule has 0 aliphatic heterocycles. The second-order valence-electron chi connectivity index (χ2n) is 7.54. The Bertz CT molecular complexity index is 1090. The summed E-state index contributed by atoms with van der Waals surface area (Å²) in [5.74, 6) is -1.40. The molecule has 2 N–H and O–H groups in total. The molecule has 0 radical (unpaired) electrons. The third-order valence-corrected chi connectivity index (χ3v) is 5.37. The predicted octanol–water partition coefficient (Wildman–Crippen LogP) is 4.54. The number of amides is 2. The van der Waals surface area contributed by atoms with Crippen molar-refractivity contribution in [3.05, 3.63) is 65.2 Å². The molecule has 0 aliphatic rings. The topological polar surface area (TPSA) is 74.6 Å². The summed E-state index contributed by atoms with van der Waals surface area (Å²) in [6.07, 6.45) is 0. The lowest BCUT2D eigenvalue weighted by atomic mass is 10.1. The molecule has 0 bridgehead atoms. The lowest BCUT2D eigenvalue weighted by molar-refractivity contribution is -0.136. The molecule has 0 saturated heterocycles. The van der Waals surface area contributed by atoms with Crippen molar-refractivity contribution in [2.75, 3.05) is 18.4 Å². The average molecular weight is 426 g/mol. The van der Waals surface area contributed by atoms with E-state index >= 15 is 0 Å². The molecular formula is C24H28FN3O3. The van der Waals surface area contributed by atoms with E-state index in [0.29, 0.717) is 22.4 Å². The summed E-state index contributed by atoms with van der Waals surface area (Å²) in [5.41, 5.74) is 2.88. The number of nitrogens with zero attached hydrogens (tertiary/aromatic N) is 1. The van der Waals surface area contributed by atoms with Crippen LogP contribution in [0.5, 0.6) is 0 Å². The first-order chi connectivity index (χ1) is 14.8. The molecule has 7 heteroatoms. The Morgan fingerprint density at radius 2 is 1.84 bits per heavy atom. The van der Waals surface area contributed by atoms with Crippen molar-refractivity contribution in [2.45, 2.75) is 40.3 Å². The number of furan rings is 1. The zero-order valence-electron chi connectivity index (χ0n) is 18.3. The van der Waals surface area contributed by atoms with Gasteiger partial charge in [-0.2, -0.15) is 0 Å². The van der Waals surface area contributed by atoms with Gasteiger partial charge in [0.2, 0.25) is 0 Å². The van der Waals surface area contributed by atoms with Gasteiger partial charge in [0.05, 0.1) is 6.04 Å². The van der Waals surface area contributed by atoms with Gasteiger partial charge in [0.25, 0.3) is 0 Å². The van der Waals surface area contributed by atoms with E-state index in [2.05, 4.69) is 29.4 Å². The first-order valence-corrected chi connectivity index (χ1v) is 10.4. The minimum absolute atomic E-state index is 0.359. The largest absolute Gasteiger partial charge is 0.459 e. The lowest BCUT2D eigenvalue weighted by Gasteiger charge is -2.18. The highest BCUT2D eigenvalue weighted by Crippen LogP contribution is 2.29. The summed E-state index contributed by atoms with van der Waals surface area (Å²) in [6, 6.07) is 11.2. The van der Waals surface area contributed by atoms with Crippen LogP contribution >= 0.6 is 0 Å². The van der Waals surface area contributed by atoms with Gasteiger partial charge in [-0.15, -0.1) is 0 Å². The quantitative estimate of drug-likeness (QED) is 0.545. The molecule has 164 valence electrons. The van der Waals surface area contributed by atoms with Crippen LogP contribution in [0.25, 0.3) is 11.0 Å². The van der Waals surface area contributed by atoms with Crippen molar-refractivity contribution in [3.8, 4) is 0 Å². The number of aryl methyl sites for hydroxylation is 1. The van der Waals surface area contributed by atoms with Gasteiger partial charge < -0.3 is 15.1 Å². The fraction of sp³-hybridized carbons (Fsp3) is 0.333. The molecule has 31 heavy (non-hydrogen) atoms. The summed E-state index contributed by atoms with van der Waals surface area (Å²) in [6.45, 7) is 10.3. The molecule has 1 aromatic heterocycles. The first kappa shape index (κ1) is 22.5. The Hall–Kier alpha value is -3.19. The van der Waals surface area contributed by atoms with Crippen molar-refractivity contribution in [1.82, 2.24) is 10.2 Å². The van der Waals surface area contributed by atoms with Crippen LogP contribution in [-0.2, 0) is 16.1 Å². The van der Waals surface area contributed by atoms with Gasteiger partial charge in [-0.25, -0.2) is 4.39 Å². The summed E-state index contributed by atoms with van der Waals surface area (Å²) in [7, 11) is 0. The van der Waals surface area contributed by atoms with Crippen LogP contribution in [0.15, 0.2) is 46.9 Å². The molecular weight excluding hydrogens is 397 g/mol. The van der Waals surface area contributed by atoms with Crippen LogP contribution in [0, 0.1) is 12.7 Å². The minimum atomic E-state index is -0.771. The Balaban J connectivity index is 1.66. The standard InChI is InChI=1S/C24H28FN3O3/c1-5-28(6-2)14-17-8-7-9-19(12-17)27-24(30)23(29)26-16(4)22-15(3)20-13-18(25)10-11-21(20)31-22/h7-13,16H,5-6,14H2,1-4H3,(H,26,29)(H,27,30). The molecule has 0 aliphatic carbocycles. The van der Waals surface area contributed by atoms with E-state index in [1.54, 1.807) is 26.0 Å². The van der Waals surface area contributed by atoms with Crippen LogP contribution in [0.3, 0.4) is 0 Å². The zero-order chi connectivity index (χ0) is 22.5. The van der Waals surface area contributed by atoms with Gasteiger partial charge in [-0.05, 0) is 62.8 Å². The number of carbonyl (C=O) groups is 2. The highest BCUT2D eigenvalue weighted by Gasteiger charge is 2.22. The van der Waals surface area contributed by atoms with Gasteiger partial charge in [0.15, 0.2) is 0 Å². The molecule has 3 aromatic rings. The first-order valence-electron chi connectivity index (χ1n) is 10.4. The Labute approximate surface area is 181 Å². The fourth-order valence-electron chi connectivity index (χ4n) is 3.59. The van der Waals surface area contributed by atoms with Crippen molar-refractivity contribution in [3.63, 3.8) is 0 Å². The molecule has 3 rings (SSSR count). The molecule has 1 atom stereocenters. The monoisotopic (exact) mass is 425 g/mol. The van der Waals surface area contributed by atoms with Crippen LogP contribution in [0.2, 0.25) is 0 Å². The number of rotatable bonds is 7. The number of halogens is 1. The van der Waals surface area contributed by atoms with Crippen molar-refractivity contribution in [2.24, 2.45) is 0 Å². The molecule has 1 heterocycles. The smallest absolute Gasteiger partial charge is 0.313 e. The Kier molecular flexibility index (Phi) is 7.07. The van der Waals surface area contributed by atoms with E-state index in [4.69, 9.17) is 4.42 Å². The number of carbonyl (C=O) groups excluding carboxylic acids is 2. The lowest BCUT2D eigenvalue weighted by Crippen LogP contribution is -2.37. The van der Waals surface area contributed by atoms with Gasteiger partial charge in [0.1, 0.15) is 17.2 Å². The molecule has 0 fully saturated rings. The van der Waals surface area contributed by atoms with Gasteiger partial charge in [0, 0.05) is 23.2 Å². The van der Waals surface area contributed by atoms with E-state index in [1.165, 1.54) is 12.1 Å². The van der Waals surface area contributed by atoms with Crippen molar-refractivity contribution >= 4 is 28.5 Å². The maximum atomic E-state index is 13.5. The second kappa shape index (κ2) is 9.75. The number of benzene rings is 2. The predicted molar refractivity (Wildman–Crippen MR) is 119 cm³/mol. The number of hydrogen-bond acceptors (Lipinski definition) is 4. The van der Waals surface area contributed by atoms with E-state index in [9.17, 15) is 14.0 Å². The van der Waals surface area contributed by atoms with E-state index < -0.39 is 17.9 Å². The highest BCUT2D eigenvalue weighted by atomic mass is 19.1. The molecule has 2 amide bonds. The average Bonchev–Trinajstić information content (AvgIpc) is 3.08. The van der Waals surface area contributed by atoms with Crippen LogP contribution in [0.1, 0.15) is 43.7 Å². The maximum Gasteiger partial charge on any atom is 0.313 e. The van der Waals surface area contributed by atoms with Gasteiger partial charge in [-0.1, -0.05) is 26.0 Å². The molecule has 2 aromatic carbocycles. The molecule has 1 unspecified atom stereocenters. The van der Waals surface area contributed by atoms with E-state index in [0.717, 1.165) is 30.8 Å². The fourth-order valence-corrected chi connectivity index (χ4v) is 3.59. The zero-order valence-corrected chi connectivity index (χ0v) is 18.3. The third-order valence-electron chi connectivity index (χ3n) is 5.37. The summed E-state index contributed by atoms with van der Waals surface area (Å²) in [4.78, 5) is 27.1. The minimum Gasteiger partial charge on any atom is -0.459 e. The molecule has 0 spiro atoms. The van der Waals surface area contributed by atoms with E-state index in [1.807, 2.05) is 18.2 Å². The number of nitrogens with one attached hydrogen (secondary N) is 2. The highest BCUT2D eigenvalue weighted by molar-refractivity contribution is 6.39. The van der Waals surface area contributed by atoms with Crippen LogP contribution in [0.4, 0.5) is 10.1 Å². The van der Waals surface area contributed by atoms with E-state index in [-0.39, 0.29) is 5.82 Å². The summed E-state index contributed by atoms with van der Waals surface area (Å²) in [5, 5.41) is 5.94. The SMILES string of the molecule is CCN(CC)Cc1cccc(NC(=O)C(=O)NC(C)c2oc3ccc(F)cc3c2C)c1. The summed E-state index contributed by atoms with van der Waals surface area (Å²) < 4.78 is 19.3. The Morgan fingerprint density at radius 1 is 1.10 bits per heavy atom. The van der Waals surface area contributed by atoms with Crippen molar-refractivity contribution in [1.29, 1.82) is 0 Å². The van der Waals surface area contributed by atoms with Crippen LogP contribution < -0.4 is 10.6 Å². The number of anilines is 1. The Morgan fingerprint density at radius 3 is 2.55 bits per heavy atom. The van der Waals surface area contributed by atoms with Gasteiger partial charge in [-0.3, -0.25) is 14.5 Å². The second-order valence-corrected chi connectivity index (χ2v) is 7.54. The third kappa shape index (κ3) is 5.30. The number of hydrogen-bond donors (Lipinski definition) is 2. The van der Waals surface area contributed by atoms with Gasteiger partial charge >= 0.3 is 11.8 Å². The molecule has 0 saturated carbocycles. The number of fused-ring (bicyclic) bond motifs is 1. The maximum absolute atomic E-state index is 13.5.